The highest BCUT2D eigenvalue weighted by Crippen LogP contribution is 2.35. The average molecular weight is 340 g/mol. The lowest BCUT2D eigenvalue weighted by atomic mass is 9.99. The van der Waals surface area contributed by atoms with Crippen LogP contribution >= 0.6 is 0 Å². The van der Waals surface area contributed by atoms with Crippen molar-refractivity contribution in [2.75, 3.05) is 0 Å². The molecule has 26 heavy (non-hydrogen) atoms. The van der Waals surface area contributed by atoms with Crippen LogP contribution in [0.25, 0.3) is 33.9 Å². The Labute approximate surface area is 153 Å². The molecule has 128 valence electrons. The zero-order valence-electron chi connectivity index (χ0n) is 14.8. The van der Waals surface area contributed by atoms with Crippen LogP contribution in [-0.2, 0) is 0 Å². The van der Waals surface area contributed by atoms with Crippen molar-refractivity contribution >= 4 is 0 Å². The molecule has 4 rings (SSSR count). The van der Waals surface area contributed by atoms with Gasteiger partial charge in [-0.3, -0.25) is 0 Å². The fourth-order valence-corrected chi connectivity index (χ4v) is 3.13. The first-order valence-electron chi connectivity index (χ1n) is 8.64. The first-order chi connectivity index (χ1) is 12.6. The van der Waals surface area contributed by atoms with E-state index in [1.165, 1.54) is 11.1 Å². The lowest BCUT2D eigenvalue weighted by molar-refractivity contribution is 0.475. The van der Waals surface area contributed by atoms with E-state index >= 15 is 0 Å². The molecular formula is C23H20N2O. The highest BCUT2D eigenvalue weighted by molar-refractivity contribution is 5.82. The monoisotopic (exact) mass is 340 g/mol. The molecule has 0 fully saturated rings. The lowest BCUT2D eigenvalue weighted by Crippen LogP contribution is -1.88. The van der Waals surface area contributed by atoms with E-state index in [0.717, 1.165) is 33.9 Å². The van der Waals surface area contributed by atoms with Gasteiger partial charge in [0.05, 0.1) is 11.4 Å². The van der Waals surface area contributed by atoms with E-state index < -0.39 is 0 Å². The minimum atomic E-state index is 0.248. The van der Waals surface area contributed by atoms with Crippen molar-refractivity contribution in [3.63, 3.8) is 0 Å². The number of nitrogens with one attached hydrogen (secondary N) is 1. The number of aromatic amines is 1. The number of aromatic hydroxyl groups is 1. The van der Waals surface area contributed by atoms with Crippen LogP contribution < -0.4 is 0 Å². The smallest absolute Gasteiger partial charge is 0.138 e. The topological polar surface area (TPSA) is 48.9 Å². The Morgan fingerprint density at radius 2 is 1.54 bits per heavy atom. The molecule has 0 saturated heterocycles. The predicted octanol–water partition coefficient (Wildman–Crippen LogP) is 5.73. The minimum absolute atomic E-state index is 0.248. The highest BCUT2D eigenvalue weighted by atomic mass is 16.3. The van der Waals surface area contributed by atoms with Crippen LogP contribution in [0.15, 0.2) is 72.8 Å². The van der Waals surface area contributed by atoms with Crippen molar-refractivity contribution in [1.29, 1.82) is 0 Å². The van der Waals surface area contributed by atoms with Gasteiger partial charge in [0.15, 0.2) is 0 Å². The molecular weight excluding hydrogens is 320 g/mol. The predicted molar refractivity (Wildman–Crippen MR) is 106 cm³/mol. The zero-order chi connectivity index (χ0) is 18.1. The van der Waals surface area contributed by atoms with E-state index in [1.807, 2.05) is 30.3 Å². The van der Waals surface area contributed by atoms with Gasteiger partial charge in [-0.1, -0.05) is 48.0 Å². The lowest BCUT2D eigenvalue weighted by Gasteiger charge is -2.08. The van der Waals surface area contributed by atoms with Crippen LogP contribution in [0, 0.1) is 13.8 Å². The third kappa shape index (κ3) is 3.00. The van der Waals surface area contributed by atoms with Gasteiger partial charge in [0.2, 0.25) is 0 Å². The first-order valence-corrected chi connectivity index (χ1v) is 8.64. The summed E-state index contributed by atoms with van der Waals surface area (Å²) in [6.45, 7) is 4.22. The molecule has 0 aliphatic carbocycles. The summed E-state index contributed by atoms with van der Waals surface area (Å²) in [5.74, 6) is 1.04. The summed E-state index contributed by atoms with van der Waals surface area (Å²) in [6, 6.07) is 23.8. The molecule has 0 aliphatic heterocycles. The summed E-state index contributed by atoms with van der Waals surface area (Å²) in [5.41, 5.74) is 7.53. The quantitative estimate of drug-likeness (QED) is 0.500. The molecule has 3 heteroatoms. The Kier molecular flexibility index (Phi) is 4.05. The molecule has 0 unspecified atom stereocenters. The normalized spacial score (nSPS) is 10.8. The number of phenolic OH excluding ortho intramolecular Hbond substituents is 1. The molecule has 0 amide bonds. The summed E-state index contributed by atoms with van der Waals surface area (Å²) in [4.78, 5) is 8.40. The molecule has 0 aliphatic rings. The van der Waals surface area contributed by atoms with Crippen LogP contribution in [-0.4, -0.2) is 15.1 Å². The van der Waals surface area contributed by atoms with Crippen molar-refractivity contribution < 1.29 is 5.11 Å². The number of imidazole rings is 1. The zero-order valence-corrected chi connectivity index (χ0v) is 14.8. The number of rotatable bonds is 3. The SMILES string of the molecule is Cc1ccc(C)c(-c2[nH]c(-c3ccc(O)cc3)nc2-c2ccccc2)c1. The van der Waals surface area contributed by atoms with Crippen molar-refractivity contribution in [2.45, 2.75) is 13.8 Å². The molecule has 0 bridgehead atoms. The average Bonchev–Trinajstić information content (AvgIpc) is 3.10. The number of hydrogen-bond donors (Lipinski definition) is 2. The summed E-state index contributed by atoms with van der Waals surface area (Å²) >= 11 is 0. The number of aromatic nitrogens is 2. The molecule has 0 atom stereocenters. The van der Waals surface area contributed by atoms with E-state index in [2.05, 4.69) is 49.2 Å². The van der Waals surface area contributed by atoms with Crippen molar-refractivity contribution in [2.24, 2.45) is 0 Å². The van der Waals surface area contributed by atoms with Crippen LogP contribution in [0.2, 0.25) is 0 Å². The van der Waals surface area contributed by atoms with E-state index in [9.17, 15) is 5.11 Å². The molecule has 2 N–H and O–H groups in total. The van der Waals surface area contributed by atoms with Crippen LogP contribution in [0.1, 0.15) is 11.1 Å². The van der Waals surface area contributed by atoms with Crippen LogP contribution in [0.5, 0.6) is 5.75 Å². The summed E-state index contributed by atoms with van der Waals surface area (Å²) in [5, 5.41) is 9.56. The fourth-order valence-electron chi connectivity index (χ4n) is 3.13. The third-order valence-electron chi connectivity index (χ3n) is 4.55. The van der Waals surface area contributed by atoms with E-state index in [1.54, 1.807) is 12.1 Å². The maximum Gasteiger partial charge on any atom is 0.138 e. The van der Waals surface area contributed by atoms with E-state index in [0.29, 0.717) is 0 Å². The number of phenols is 1. The number of benzene rings is 3. The number of hydrogen-bond acceptors (Lipinski definition) is 2. The van der Waals surface area contributed by atoms with Gasteiger partial charge >= 0.3 is 0 Å². The maximum absolute atomic E-state index is 9.56. The molecule has 0 radical (unpaired) electrons. The first kappa shape index (κ1) is 16.2. The van der Waals surface area contributed by atoms with Crippen molar-refractivity contribution in [1.82, 2.24) is 9.97 Å². The molecule has 0 spiro atoms. The number of aryl methyl sites for hydroxylation is 2. The maximum atomic E-state index is 9.56. The van der Waals surface area contributed by atoms with Gasteiger partial charge in [-0.05, 0) is 49.7 Å². The highest BCUT2D eigenvalue weighted by Gasteiger charge is 2.16. The minimum Gasteiger partial charge on any atom is -0.508 e. The van der Waals surface area contributed by atoms with Gasteiger partial charge in [0.25, 0.3) is 0 Å². The standard InChI is InChI=1S/C23H20N2O/c1-15-8-9-16(2)20(14-15)22-21(17-6-4-3-5-7-17)24-23(25-22)18-10-12-19(26)13-11-18/h3-14,26H,1-2H3,(H,24,25). The van der Waals surface area contributed by atoms with Gasteiger partial charge < -0.3 is 10.1 Å². The van der Waals surface area contributed by atoms with Crippen LogP contribution in [0.4, 0.5) is 0 Å². The summed E-state index contributed by atoms with van der Waals surface area (Å²) < 4.78 is 0. The molecule has 1 aromatic heterocycles. The van der Waals surface area contributed by atoms with Crippen molar-refractivity contribution in [3.05, 3.63) is 83.9 Å². The second-order valence-corrected chi connectivity index (χ2v) is 6.54. The molecule has 0 saturated carbocycles. The molecule has 4 aromatic rings. The molecule has 1 heterocycles. The Morgan fingerprint density at radius 3 is 2.27 bits per heavy atom. The molecule has 3 aromatic carbocycles. The largest absolute Gasteiger partial charge is 0.508 e. The van der Waals surface area contributed by atoms with Gasteiger partial charge in [0, 0.05) is 16.7 Å². The number of H-pyrrole nitrogens is 1. The summed E-state index contributed by atoms with van der Waals surface area (Å²) in [7, 11) is 0. The van der Waals surface area contributed by atoms with E-state index in [-0.39, 0.29) is 5.75 Å². The van der Waals surface area contributed by atoms with Gasteiger partial charge in [-0.15, -0.1) is 0 Å². The Morgan fingerprint density at radius 1 is 0.808 bits per heavy atom. The third-order valence-corrected chi connectivity index (χ3v) is 4.55. The second kappa shape index (κ2) is 6.52. The number of nitrogens with zero attached hydrogens (tertiary/aromatic N) is 1. The summed E-state index contributed by atoms with van der Waals surface area (Å²) in [6.07, 6.45) is 0. The second-order valence-electron chi connectivity index (χ2n) is 6.54. The van der Waals surface area contributed by atoms with Gasteiger partial charge in [-0.25, -0.2) is 4.98 Å². The molecule has 3 nitrogen and oxygen atoms in total. The van der Waals surface area contributed by atoms with Gasteiger partial charge in [0.1, 0.15) is 11.6 Å². The van der Waals surface area contributed by atoms with Crippen molar-refractivity contribution in [3.8, 4) is 39.7 Å². The van der Waals surface area contributed by atoms with E-state index in [4.69, 9.17) is 4.98 Å². The fraction of sp³-hybridized carbons (Fsp3) is 0.0870. The Bertz CT molecular complexity index is 1050. The Hall–Kier alpha value is -3.33. The Balaban J connectivity index is 1.94. The van der Waals surface area contributed by atoms with Crippen LogP contribution in [0.3, 0.4) is 0 Å². The van der Waals surface area contributed by atoms with Gasteiger partial charge in [-0.2, -0.15) is 0 Å².